The summed E-state index contributed by atoms with van der Waals surface area (Å²) in [6.07, 6.45) is 2.19. The van der Waals surface area contributed by atoms with Gasteiger partial charge >= 0.3 is 12.0 Å². The molecule has 4 N–H and O–H groups in total. The third-order valence-electron chi connectivity index (χ3n) is 2.20. The lowest BCUT2D eigenvalue weighted by molar-refractivity contribution is -0.139. The quantitative estimate of drug-likeness (QED) is 0.508. The minimum absolute atomic E-state index is 0.332. The monoisotopic (exact) mass is 277 g/mol. The first-order valence-corrected chi connectivity index (χ1v) is 6.82. The molecule has 0 spiro atoms. The van der Waals surface area contributed by atoms with Gasteiger partial charge in [-0.1, -0.05) is 0 Å². The Labute approximate surface area is 110 Å². The first-order chi connectivity index (χ1) is 8.42. The van der Waals surface area contributed by atoms with E-state index < -0.39 is 24.1 Å². The molecular weight excluding hydrogens is 258 g/mol. The zero-order valence-electron chi connectivity index (χ0n) is 10.6. The molecule has 0 aromatic rings. The number of aliphatic carboxylic acids is 1. The SMILES string of the molecule is CNC(=O)C(C)NC(=O)NC(CCSC)C(=O)O. The number of carboxylic acids is 1. The molecule has 0 heterocycles. The molecule has 0 saturated carbocycles. The van der Waals surface area contributed by atoms with Crippen molar-refractivity contribution in [1.82, 2.24) is 16.0 Å². The third-order valence-corrected chi connectivity index (χ3v) is 2.85. The van der Waals surface area contributed by atoms with Crippen molar-refractivity contribution < 1.29 is 19.5 Å². The summed E-state index contributed by atoms with van der Waals surface area (Å²) in [5.74, 6) is -0.810. The molecule has 0 aliphatic rings. The van der Waals surface area contributed by atoms with Gasteiger partial charge in [-0.25, -0.2) is 9.59 Å². The van der Waals surface area contributed by atoms with Crippen molar-refractivity contribution in [3.63, 3.8) is 0 Å². The molecule has 2 unspecified atom stereocenters. The maximum Gasteiger partial charge on any atom is 0.326 e. The van der Waals surface area contributed by atoms with E-state index in [4.69, 9.17) is 5.11 Å². The summed E-state index contributed by atoms with van der Waals surface area (Å²) in [7, 11) is 1.46. The third kappa shape index (κ3) is 6.33. The number of carbonyl (C=O) groups excluding carboxylic acids is 2. The van der Waals surface area contributed by atoms with E-state index in [1.165, 1.54) is 25.7 Å². The lowest BCUT2D eigenvalue weighted by Crippen LogP contribution is -2.52. The highest BCUT2D eigenvalue weighted by molar-refractivity contribution is 7.98. The first-order valence-electron chi connectivity index (χ1n) is 5.42. The first kappa shape index (κ1) is 16.6. The number of nitrogens with one attached hydrogen (secondary N) is 3. The summed E-state index contributed by atoms with van der Waals surface area (Å²) >= 11 is 1.50. The van der Waals surface area contributed by atoms with Crippen LogP contribution in [-0.4, -0.2) is 54.2 Å². The molecule has 0 bridgehead atoms. The topological polar surface area (TPSA) is 108 Å². The number of carboxylic acid groups (broad SMARTS) is 1. The summed E-state index contributed by atoms with van der Waals surface area (Å²) < 4.78 is 0. The Morgan fingerprint density at radius 2 is 1.89 bits per heavy atom. The fraction of sp³-hybridized carbons (Fsp3) is 0.700. The smallest absolute Gasteiger partial charge is 0.326 e. The molecule has 18 heavy (non-hydrogen) atoms. The van der Waals surface area contributed by atoms with Gasteiger partial charge in [-0.15, -0.1) is 0 Å². The molecule has 8 heteroatoms. The van der Waals surface area contributed by atoms with E-state index >= 15 is 0 Å². The predicted octanol–water partition coefficient (Wildman–Crippen LogP) is -0.374. The van der Waals surface area contributed by atoms with Crippen molar-refractivity contribution in [2.24, 2.45) is 0 Å². The van der Waals surface area contributed by atoms with Crippen LogP contribution in [0.3, 0.4) is 0 Å². The van der Waals surface area contributed by atoms with Crippen molar-refractivity contribution in [2.75, 3.05) is 19.1 Å². The molecule has 3 amide bonds. The summed E-state index contributed by atoms with van der Waals surface area (Å²) in [6, 6.07) is -2.33. The molecule has 0 aliphatic carbocycles. The zero-order valence-corrected chi connectivity index (χ0v) is 11.5. The van der Waals surface area contributed by atoms with E-state index in [9.17, 15) is 14.4 Å². The van der Waals surface area contributed by atoms with E-state index in [-0.39, 0.29) is 5.91 Å². The van der Waals surface area contributed by atoms with Crippen molar-refractivity contribution in [1.29, 1.82) is 0 Å². The Morgan fingerprint density at radius 3 is 2.33 bits per heavy atom. The fourth-order valence-corrected chi connectivity index (χ4v) is 1.64. The van der Waals surface area contributed by atoms with Gasteiger partial charge in [0.15, 0.2) is 0 Å². The minimum Gasteiger partial charge on any atom is -0.480 e. The second kappa shape index (κ2) is 8.62. The normalized spacial score (nSPS) is 13.3. The van der Waals surface area contributed by atoms with Crippen LogP contribution in [0, 0.1) is 0 Å². The second-order valence-electron chi connectivity index (χ2n) is 3.63. The van der Waals surface area contributed by atoms with Crippen LogP contribution in [-0.2, 0) is 9.59 Å². The summed E-state index contributed by atoms with van der Waals surface area (Å²) in [6.45, 7) is 1.51. The van der Waals surface area contributed by atoms with Gasteiger partial charge in [-0.3, -0.25) is 4.79 Å². The molecule has 0 fully saturated rings. The summed E-state index contributed by atoms with van der Waals surface area (Å²) in [5, 5.41) is 16.0. The van der Waals surface area contributed by atoms with Gasteiger partial charge in [0.25, 0.3) is 0 Å². The average molecular weight is 277 g/mol. The summed E-state index contributed by atoms with van der Waals surface area (Å²) in [5.41, 5.74) is 0. The van der Waals surface area contributed by atoms with Gasteiger partial charge in [0.1, 0.15) is 12.1 Å². The molecule has 0 aliphatic heterocycles. The highest BCUT2D eigenvalue weighted by Gasteiger charge is 2.21. The molecular formula is C10H19N3O4S. The number of carbonyl (C=O) groups is 3. The lowest BCUT2D eigenvalue weighted by atomic mass is 10.2. The zero-order chi connectivity index (χ0) is 14.1. The van der Waals surface area contributed by atoms with E-state index in [0.717, 1.165) is 0 Å². The number of urea groups is 1. The molecule has 0 saturated heterocycles. The predicted molar refractivity (Wildman–Crippen MR) is 69.6 cm³/mol. The lowest BCUT2D eigenvalue weighted by Gasteiger charge is -2.17. The number of thioether (sulfide) groups is 1. The minimum atomic E-state index is -1.09. The van der Waals surface area contributed by atoms with Crippen LogP contribution < -0.4 is 16.0 Å². The maximum absolute atomic E-state index is 11.5. The van der Waals surface area contributed by atoms with Crippen molar-refractivity contribution in [2.45, 2.75) is 25.4 Å². The van der Waals surface area contributed by atoms with E-state index in [1.807, 2.05) is 6.26 Å². The molecule has 0 aromatic heterocycles. The van der Waals surface area contributed by atoms with Crippen LogP contribution in [0.25, 0.3) is 0 Å². The van der Waals surface area contributed by atoms with Crippen LogP contribution in [0.2, 0.25) is 0 Å². The molecule has 104 valence electrons. The molecule has 2 atom stereocenters. The molecule has 7 nitrogen and oxygen atoms in total. The van der Waals surface area contributed by atoms with E-state index in [1.54, 1.807) is 0 Å². The average Bonchev–Trinajstić information content (AvgIpc) is 2.32. The standard InChI is InChI=1S/C10H19N3O4S/c1-6(8(14)11-2)12-10(17)13-7(9(15)16)4-5-18-3/h6-7H,4-5H2,1-3H3,(H,11,14)(H,15,16)(H2,12,13,17). The van der Waals surface area contributed by atoms with Gasteiger partial charge in [0.2, 0.25) is 5.91 Å². The second-order valence-corrected chi connectivity index (χ2v) is 4.61. The van der Waals surface area contributed by atoms with E-state index in [2.05, 4.69) is 16.0 Å². The molecule has 0 radical (unpaired) electrons. The van der Waals surface area contributed by atoms with Gasteiger partial charge in [0.05, 0.1) is 0 Å². The van der Waals surface area contributed by atoms with Gasteiger partial charge in [0, 0.05) is 7.05 Å². The van der Waals surface area contributed by atoms with Gasteiger partial charge in [-0.2, -0.15) is 11.8 Å². The van der Waals surface area contributed by atoms with Gasteiger partial charge in [-0.05, 0) is 25.4 Å². The van der Waals surface area contributed by atoms with Crippen molar-refractivity contribution in [3.8, 4) is 0 Å². The number of rotatable bonds is 7. The Balaban J connectivity index is 4.25. The molecule has 0 rings (SSSR count). The molecule has 0 aromatic carbocycles. The van der Waals surface area contributed by atoms with Crippen molar-refractivity contribution in [3.05, 3.63) is 0 Å². The van der Waals surface area contributed by atoms with Gasteiger partial charge < -0.3 is 21.1 Å². The van der Waals surface area contributed by atoms with Crippen LogP contribution in [0.5, 0.6) is 0 Å². The Morgan fingerprint density at radius 1 is 1.28 bits per heavy atom. The number of amides is 3. The maximum atomic E-state index is 11.5. The van der Waals surface area contributed by atoms with E-state index in [0.29, 0.717) is 12.2 Å². The fourth-order valence-electron chi connectivity index (χ4n) is 1.17. The Hall–Kier alpha value is -1.44. The van der Waals surface area contributed by atoms with Crippen LogP contribution in [0.4, 0.5) is 4.79 Å². The highest BCUT2D eigenvalue weighted by Crippen LogP contribution is 2.00. The number of likely N-dealkylation sites (N-methyl/N-ethyl adjacent to an activating group) is 1. The van der Waals surface area contributed by atoms with Crippen LogP contribution in [0.1, 0.15) is 13.3 Å². The van der Waals surface area contributed by atoms with Crippen LogP contribution in [0.15, 0.2) is 0 Å². The summed E-state index contributed by atoms with van der Waals surface area (Å²) in [4.78, 5) is 33.5. The largest absolute Gasteiger partial charge is 0.480 e. The van der Waals surface area contributed by atoms with Crippen LogP contribution >= 0.6 is 11.8 Å². The Kier molecular flexibility index (Phi) is 7.93. The Bertz CT molecular complexity index is 311. The van der Waals surface area contributed by atoms with Crippen molar-refractivity contribution >= 4 is 29.7 Å². The number of hydrogen-bond acceptors (Lipinski definition) is 4. The highest BCUT2D eigenvalue weighted by atomic mass is 32.2. The number of hydrogen-bond donors (Lipinski definition) is 4.